The molecule has 2 N–H and O–H groups in total. The Balaban J connectivity index is 1.79. The minimum absolute atomic E-state index is 0.296. The van der Waals surface area contributed by atoms with E-state index in [1.165, 1.54) is 12.8 Å². The second-order valence-corrected chi connectivity index (χ2v) is 6.99. The van der Waals surface area contributed by atoms with Gasteiger partial charge < -0.3 is 10.6 Å². The molecule has 0 amide bonds. The van der Waals surface area contributed by atoms with Crippen LogP contribution in [0.3, 0.4) is 0 Å². The highest BCUT2D eigenvalue weighted by Crippen LogP contribution is 2.13. The SMILES string of the molecule is O=S(=O)(CCC1CCCCN1)N1CCNCC1. The fourth-order valence-electron chi connectivity index (χ4n) is 2.51. The first-order valence-electron chi connectivity index (χ1n) is 6.60. The molecule has 2 aliphatic heterocycles. The molecule has 17 heavy (non-hydrogen) atoms. The number of hydrogen-bond acceptors (Lipinski definition) is 4. The molecule has 2 aliphatic rings. The Morgan fingerprint density at radius 3 is 2.53 bits per heavy atom. The lowest BCUT2D eigenvalue weighted by Gasteiger charge is -2.28. The van der Waals surface area contributed by atoms with Crippen molar-refractivity contribution in [3.8, 4) is 0 Å². The Bertz CT molecular complexity index is 320. The third-order valence-electron chi connectivity index (χ3n) is 3.61. The minimum Gasteiger partial charge on any atom is -0.314 e. The van der Waals surface area contributed by atoms with E-state index < -0.39 is 10.0 Å². The first kappa shape index (κ1) is 13.3. The van der Waals surface area contributed by atoms with Gasteiger partial charge in [-0.1, -0.05) is 6.42 Å². The van der Waals surface area contributed by atoms with Crippen LogP contribution in [-0.2, 0) is 10.0 Å². The second-order valence-electron chi connectivity index (χ2n) is 4.90. The first-order chi connectivity index (χ1) is 8.18. The van der Waals surface area contributed by atoms with Crippen LogP contribution in [0.1, 0.15) is 25.7 Å². The van der Waals surface area contributed by atoms with E-state index in [9.17, 15) is 8.42 Å². The molecule has 6 heteroatoms. The molecule has 0 aromatic carbocycles. The summed E-state index contributed by atoms with van der Waals surface area (Å²) in [4.78, 5) is 0. The van der Waals surface area contributed by atoms with Crippen LogP contribution >= 0.6 is 0 Å². The minimum atomic E-state index is -3.03. The quantitative estimate of drug-likeness (QED) is 0.733. The molecule has 0 radical (unpaired) electrons. The molecule has 5 nitrogen and oxygen atoms in total. The lowest BCUT2D eigenvalue weighted by Crippen LogP contribution is -2.47. The van der Waals surface area contributed by atoms with Crippen LogP contribution in [0.15, 0.2) is 0 Å². The summed E-state index contributed by atoms with van der Waals surface area (Å²) in [5.41, 5.74) is 0. The molecule has 1 atom stereocenters. The monoisotopic (exact) mass is 261 g/mol. The van der Waals surface area contributed by atoms with Gasteiger partial charge in [0.2, 0.25) is 10.0 Å². The fraction of sp³-hybridized carbons (Fsp3) is 1.00. The molecule has 0 aliphatic carbocycles. The van der Waals surface area contributed by atoms with Gasteiger partial charge in [0, 0.05) is 32.2 Å². The molecule has 2 saturated heterocycles. The maximum atomic E-state index is 12.1. The summed E-state index contributed by atoms with van der Waals surface area (Å²) < 4.78 is 25.8. The maximum absolute atomic E-state index is 12.1. The average molecular weight is 261 g/mol. The highest BCUT2D eigenvalue weighted by Gasteiger charge is 2.25. The van der Waals surface area contributed by atoms with E-state index >= 15 is 0 Å². The lowest BCUT2D eigenvalue weighted by molar-refractivity contribution is 0.353. The lowest BCUT2D eigenvalue weighted by atomic mass is 10.0. The predicted octanol–water partition coefficient (Wildman–Crippen LogP) is -0.246. The van der Waals surface area contributed by atoms with Crippen molar-refractivity contribution in [3.05, 3.63) is 0 Å². The third-order valence-corrected chi connectivity index (χ3v) is 5.51. The van der Waals surface area contributed by atoms with Crippen molar-refractivity contribution in [2.75, 3.05) is 38.5 Å². The van der Waals surface area contributed by atoms with Gasteiger partial charge in [0.1, 0.15) is 0 Å². The Kier molecular flexibility index (Phi) is 4.78. The summed E-state index contributed by atoms with van der Waals surface area (Å²) in [6.45, 7) is 3.85. The largest absolute Gasteiger partial charge is 0.314 e. The number of nitrogens with zero attached hydrogens (tertiary/aromatic N) is 1. The highest BCUT2D eigenvalue weighted by atomic mass is 32.2. The van der Waals surface area contributed by atoms with E-state index in [0.717, 1.165) is 32.5 Å². The van der Waals surface area contributed by atoms with Crippen LogP contribution < -0.4 is 10.6 Å². The van der Waals surface area contributed by atoms with Crippen molar-refractivity contribution in [2.24, 2.45) is 0 Å². The molecule has 0 bridgehead atoms. The predicted molar refractivity (Wildman–Crippen MR) is 68.5 cm³/mol. The number of nitrogens with one attached hydrogen (secondary N) is 2. The zero-order chi connectivity index (χ0) is 12.1. The van der Waals surface area contributed by atoms with Crippen LogP contribution in [0.25, 0.3) is 0 Å². The maximum Gasteiger partial charge on any atom is 0.214 e. The van der Waals surface area contributed by atoms with Crippen LogP contribution in [0, 0.1) is 0 Å². The van der Waals surface area contributed by atoms with Crippen LogP contribution in [0.2, 0.25) is 0 Å². The number of hydrogen-bond donors (Lipinski definition) is 2. The van der Waals surface area contributed by atoms with Crippen LogP contribution in [0.5, 0.6) is 0 Å². The number of sulfonamides is 1. The van der Waals surface area contributed by atoms with E-state index in [1.807, 2.05) is 0 Å². The zero-order valence-electron chi connectivity index (χ0n) is 10.3. The van der Waals surface area contributed by atoms with E-state index in [0.29, 0.717) is 24.9 Å². The number of rotatable bonds is 4. The molecule has 100 valence electrons. The van der Waals surface area contributed by atoms with Gasteiger partial charge in [0.25, 0.3) is 0 Å². The molecular weight excluding hydrogens is 238 g/mol. The van der Waals surface area contributed by atoms with Crippen LogP contribution in [-0.4, -0.2) is 57.2 Å². The second kappa shape index (κ2) is 6.13. The van der Waals surface area contributed by atoms with E-state index in [4.69, 9.17) is 0 Å². The Morgan fingerprint density at radius 1 is 1.12 bits per heavy atom. The Labute approximate surface area is 104 Å². The molecule has 2 heterocycles. The van der Waals surface area contributed by atoms with Crippen molar-refractivity contribution in [1.29, 1.82) is 0 Å². The third kappa shape index (κ3) is 3.91. The number of piperidine rings is 1. The Hall–Kier alpha value is -0.170. The average Bonchev–Trinajstić information content (AvgIpc) is 2.39. The van der Waals surface area contributed by atoms with Crippen molar-refractivity contribution < 1.29 is 8.42 Å². The van der Waals surface area contributed by atoms with Crippen LogP contribution in [0.4, 0.5) is 0 Å². The Morgan fingerprint density at radius 2 is 1.88 bits per heavy atom. The fourth-order valence-corrected chi connectivity index (χ4v) is 4.09. The molecule has 0 saturated carbocycles. The molecule has 2 fully saturated rings. The summed E-state index contributed by atoms with van der Waals surface area (Å²) >= 11 is 0. The van der Waals surface area contributed by atoms with E-state index in [-0.39, 0.29) is 0 Å². The van der Waals surface area contributed by atoms with Crippen molar-refractivity contribution in [2.45, 2.75) is 31.7 Å². The first-order valence-corrected chi connectivity index (χ1v) is 8.21. The van der Waals surface area contributed by atoms with Gasteiger partial charge in [-0.05, 0) is 25.8 Å². The van der Waals surface area contributed by atoms with Gasteiger partial charge in [0.05, 0.1) is 5.75 Å². The number of piperazine rings is 1. The molecule has 1 unspecified atom stereocenters. The van der Waals surface area contributed by atoms with Gasteiger partial charge in [-0.2, -0.15) is 4.31 Å². The van der Waals surface area contributed by atoms with Gasteiger partial charge in [-0.3, -0.25) is 0 Å². The standard InChI is InChI=1S/C11H23N3O2S/c15-17(16,14-8-6-12-7-9-14)10-4-11-3-1-2-5-13-11/h11-13H,1-10H2. The van der Waals surface area contributed by atoms with Crippen molar-refractivity contribution >= 4 is 10.0 Å². The summed E-state index contributed by atoms with van der Waals surface area (Å²) in [6.07, 6.45) is 4.33. The van der Waals surface area contributed by atoms with Gasteiger partial charge in [-0.25, -0.2) is 8.42 Å². The summed E-state index contributed by atoms with van der Waals surface area (Å²) in [5, 5.41) is 6.57. The normalized spacial score (nSPS) is 28.1. The highest BCUT2D eigenvalue weighted by molar-refractivity contribution is 7.89. The van der Waals surface area contributed by atoms with E-state index in [2.05, 4.69) is 10.6 Å². The summed E-state index contributed by atoms with van der Waals surface area (Å²) in [5.74, 6) is 0.296. The molecule has 0 aromatic heterocycles. The van der Waals surface area contributed by atoms with Crippen molar-refractivity contribution in [3.63, 3.8) is 0 Å². The van der Waals surface area contributed by atoms with Gasteiger partial charge >= 0.3 is 0 Å². The zero-order valence-corrected chi connectivity index (χ0v) is 11.1. The molecular formula is C11H23N3O2S. The topological polar surface area (TPSA) is 61.4 Å². The molecule has 0 aromatic rings. The van der Waals surface area contributed by atoms with Gasteiger partial charge in [-0.15, -0.1) is 0 Å². The van der Waals surface area contributed by atoms with E-state index in [1.54, 1.807) is 4.31 Å². The smallest absolute Gasteiger partial charge is 0.214 e. The van der Waals surface area contributed by atoms with Crippen molar-refractivity contribution in [1.82, 2.24) is 14.9 Å². The summed E-state index contributed by atoms with van der Waals surface area (Å²) in [7, 11) is -3.03. The molecule has 0 spiro atoms. The molecule has 2 rings (SSSR count). The van der Waals surface area contributed by atoms with Gasteiger partial charge in [0.15, 0.2) is 0 Å². The summed E-state index contributed by atoms with van der Waals surface area (Å²) in [6, 6.07) is 0.404.